The summed E-state index contributed by atoms with van der Waals surface area (Å²) in [6, 6.07) is 0. The van der Waals surface area contributed by atoms with E-state index in [4.69, 9.17) is 5.11 Å². The standard InChI is InChI=1S/C15H26N2O3/c1-15(2,3)17-8-6-16(7-9-17)13(18)11-4-5-12(10-11)14(19)20/h11-12H,4-10H2,1-3H3,(H,19,20). The Labute approximate surface area is 120 Å². The molecule has 0 bridgehead atoms. The van der Waals surface area contributed by atoms with Crippen LogP contribution in [0.5, 0.6) is 0 Å². The third kappa shape index (κ3) is 3.32. The molecule has 5 heteroatoms. The Kier molecular flexibility index (Phi) is 4.37. The Balaban J connectivity index is 1.85. The quantitative estimate of drug-likeness (QED) is 0.832. The molecule has 0 radical (unpaired) electrons. The maximum Gasteiger partial charge on any atom is 0.306 e. The summed E-state index contributed by atoms with van der Waals surface area (Å²) in [6.45, 7) is 9.93. The second-order valence-electron chi connectivity index (χ2n) is 7.03. The van der Waals surface area contributed by atoms with E-state index in [0.717, 1.165) is 32.6 Å². The van der Waals surface area contributed by atoms with E-state index in [1.165, 1.54) is 0 Å². The molecular formula is C15H26N2O3. The molecule has 114 valence electrons. The molecule has 1 saturated heterocycles. The zero-order valence-corrected chi connectivity index (χ0v) is 12.8. The van der Waals surface area contributed by atoms with Gasteiger partial charge >= 0.3 is 5.97 Å². The number of hydrogen-bond acceptors (Lipinski definition) is 3. The van der Waals surface area contributed by atoms with Crippen LogP contribution in [0.25, 0.3) is 0 Å². The van der Waals surface area contributed by atoms with Gasteiger partial charge in [0, 0.05) is 37.6 Å². The highest BCUT2D eigenvalue weighted by Gasteiger charge is 2.37. The number of amides is 1. The smallest absolute Gasteiger partial charge is 0.306 e. The molecule has 1 aliphatic heterocycles. The number of carboxylic acid groups (broad SMARTS) is 1. The second-order valence-corrected chi connectivity index (χ2v) is 7.03. The summed E-state index contributed by atoms with van der Waals surface area (Å²) < 4.78 is 0. The molecule has 1 aliphatic carbocycles. The highest BCUT2D eigenvalue weighted by atomic mass is 16.4. The van der Waals surface area contributed by atoms with Crippen molar-refractivity contribution in [1.82, 2.24) is 9.80 Å². The van der Waals surface area contributed by atoms with Gasteiger partial charge in [0.15, 0.2) is 0 Å². The fourth-order valence-corrected chi connectivity index (χ4v) is 3.29. The first kappa shape index (κ1) is 15.3. The van der Waals surface area contributed by atoms with Crippen molar-refractivity contribution in [3.05, 3.63) is 0 Å². The predicted octanol–water partition coefficient (Wildman–Crippen LogP) is 1.43. The van der Waals surface area contributed by atoms with Crippen LogP contribution in [0.15, 0.2) is 0 Å². The molecule has 1 heterocycles. The van der Waals surface area contributed by atoms with Crippen LogP contribution in [-0.4, -0.2) is 58.5 Å². The second kappa shape index (κ2) is 5.72. The molecule has 1 amide bonds. The highest BCUT2D eigenvalue weighted by Crippen LogP contribution is 2.32. The molecule has 2 rings (SSSR count). The number of carbonyl (C=O) groups excluding carboxylic acids is 1. The molecule has 1 saturated carbocycles. The van der Waals surface area contributed by atoms with Crippen molar-refractivity contribution in [3.8, 4) is 0 Å². The SMILES string of the molecule is CC(C)(C)N1CCN(C(=O)C2CCC(C(=O)O)C2)CC1. The first-order chi connectivity index (χ1) is 9.29. The van der Waals surface area contributed by atoms with E-state index in [1.54, 1.807) is 0 Å². The molecule has 2 atom stereocenters. The minimum Gasteiger partial charge on any atom is -0.481 e. The van der Waals surface area contributed by atoms with Crippen LogP contribution in [0.2, 0.25) is 0 Å². The number of hydrogen-bond donors (Lipinski definition) is 1. The van der Waals surface area contributed by atoms with Crippen molar-refractivity contribution in [2.75, 3.05) is 26.2 Å². The monoisotopic (exact) mass is 282 g/mol. The third-order valence-corrected chi connectivity index (χ3v) is 4.67. The van der Waals surface area contributed by atoms with E-state index < -0.39 is 5.97 Å². The maximum absolute atomic E-state index is 12.4. The molecule has 0 aromatic heterocycles. The van der Waals surface area contributed by atoms with Crippen molar-refractivity contribution >= 4 is 11.9 Å². The molecule has 2 fully saturated rings. The summed E-state index contributed by atoms with van der Waals surface area (Å²) in [4.78, 5) is 27.7. The van der Waals surface area contributed by atoms with Gasteiger partial charge in [0.2, 0.25) is 5.91 Å². The van der Waals surface area contributed by atoms with Crippen LogP contribution in [0.1, 0.15) is 40.0 Å². The molecular weight excluding hydrogens is 256 g/mol. The number of nitrogens with zero attached hydrogens (tertiary/aromatic N) is 2. The topological polar surface area (TPSA) is 60.9 Å². The van der Waals surface area contributed by atoms with Gasteiger partial charge in [-0.2, -0.15) is 0 Å². The third-order valence-electron chi connectivity index (χ3n) is 4.67. The van der Waals surface area contributed by atoms with Crippen LogP contribution < -0.4 is 0 Å². The van der Waals surface area contributed by atoms with Crippen molar-refractivity contribution < 1.29 is 14.7 Å². The van der Waals surface area contributed by atoms with Gasteiger partial charge in [-0.15, -0.1) is 0 Å². The average Bonchev–Trinajstić information content (AvgIpc) is 2.86. The van der Waals surface area contributed by atoms with Crippen LogP contribution >= 0.6 is 0 Å². The number of aliphatic carboxylic acids is 1. The Bertz CT molecular complexity index is 381. The van der Waals surface area contributed by atoms with E-state index in [1.807, 2.05) is 4.90 Å². The number of carboxylic acids is 1. The van der Waals surface area contributed by atoms with E-state index in [9.17, 15) is 9.59 Å². The fraction of sp³-hybridized carbons (Fsp3) is 0.867. The number of piperazine rings is 1. The molecule has 2 aliphatic rings. The van der Waals surface area contributed by atoms with Gasteiger partial charge in [-0.05, 0) is 40.0 Å². The molecule has 1 N–H and O–H groups in total. The van der Waals surface area contributed by atoms with Crippen molar-refractivity contribution in [1.29, 1.82) is 0 Å². The minimum atomic E-state index is -0.752. The van der Waals surface area contributed by atoms with E-state index in [2.05, 4.69) is 25.7 Å². The highest BCUT2D eigenvalue weighted by molar-refractivity contribution is 5.81. The van der Waals surface area contributed by atoms with E-state index in [-0.39, 0.29) is 23.3 Å². The normalized spacial score (nSPS) is 28.6. The van der Waals surface area contributed by atoms with Crippen molar-refractivity contribution in [2.45, 2.75) is 45.6 Å². The van der Waals surface area contributed by atoms with Gasteiger partial charge in [-0.3, -0.25) is 14.5 Å². The molecule has 2 unspecified atom stereocenters. The van der Waals surface area contributed by atoms with Gasteiger partial charge in [-0.25, -0.2) is 0 Å². The lowest BCUT2D eigenvalue weighted by molar-refractivity contribution is -0.142. The van der Waals surface area contributed by atoms with Crippen LogP contribution in [0, 0.1) is 11.8 Å². The van der Waals surface area contributed by atoms with Gasteiger partial charge in [0.25, 0.3) is 0 Å². The fourth-order valence-electron chi connectivity index (χ4n) is 3.29. The zero-order valence-electron chi connectivity index (χ0n) is 12.8. The number of rotatable bonds is 2. The summed E-state index contributed by atoms with van der Waals surface area (Å²) in [5.74, 6) is -0.975. The number of carbonyl (C=O) groups is 2. The van der Waals surface area contributed by atoms with Gasteiger partial charge < -0.3 is 10.0 Å². The van der Waals surface area contributed by atoms with Crippen molar-refractivity contribution in [2.24, 2.45) is 11.8 Å². The largest absolute Gasteiger partial charge is 0.481 e. The average molecular weight is 282 g/mol. The van der Waals surface area contributed by atoms with Crippen molar-refractivity contribution in [3.63, 3.8) is 0 Å². The summed E-state index contributed by atoms with van der Waals surface area (Å²) in [7, 11) is 0. The summed E-state index contributed by atoms with van der Waals surface area (Å²) >= 11 is 0. The van der Waals surface area contributed by atoms with Crippen LogP contribution in [0.3, 0.4) is 0 Å². The maximum atomic E-state index is 12.4. The first-order valence-corrected chi connectivity index (χ1v) is 7.55. The molecule has 0 aromatic carbocycles. The lowest BCUT2D eigenvalue weighted by Crippen LogP contribution is -2.55. The lowest BCUT2D eigenvalue weighted by atomic mass is 10.0. The summed E-state index contributed by atoms with van der Waals surface area (Å²) in [6.07, 6.45) is 1.90. The zero-order chi connectivity index (χ0) is 14.9. The van der Waals surface area contributed by atoms with Crippen LogP contribution in [0.4, 0.5) is 0 Å². The molecule has 0 aromatic rings. The van der Waals surface area contributed by atoms with Gasteiger partial charge in [-0.1, -0.05) is 0 Å². The molecule has 20 heavy (non-hydrogen) atoms. The van der Waals surface area contributed by atoms with E-state index >= 15 is 0 Å². The Morgan fingerprint density at radius 2 is 1.55 bits per heavy atom. The summed E-state index contributed by atoms with van der Waals surface area (Å²) in [5.41, 5.74) is 0.150. The minimum absolute atomic E-state index is 0.0720. The first-order valence-electron chi connectivity index (χ1n) is 7.55. The molecule has 5 nitrogen and oxygen atoms in total. The van der Waals surface area contributed by atoms with Gasteiger partial charge in [0.05, 0.1) is 5.92 Å². The molecule has 0 spiro atoms. The Hall–Kier alpha value is -1.10. The van der Waals surface area contributed by atoms with E-state index in [0.29, 0.717) is 12.8 Å². The Morgan fingerprint density at radius 1 is 1.00 bits per heavy atom. The lowest BCUT2D eigenvalue weighted by Gasteiger charge is -2.42. The predicted molar refractivity (Wildman–Crippen MR) is 76.4 cm³/mol. The van der Waals surface area contributed by atoms with Crippen LogP contribution in [-0.2, 0) is 9.59 Å². The summed E-state index contributed by atoms with van der Waals surface area (Å²) in [5, 5.41) is 9.02. The van der Waals surface area contributed by atoms with Gasteiger partial charge in [0.1, 0.15) is 0 Å². The Morgan fingerprint density at radius 3 is 2.00 bits per heavy atom.